The van der Waals surface area contributed by atoms with Crippen molar-refractivity contribution in [3.63, 3.8) is 0 Å². The highest BCUT2D eigenvalue weighted by Crippen LogP contribution is 2.36. The van der Waals surface area contributed by atoms with E-state index in [0.717, 1.165) is 10.8 Å². The van der Waals surface area contributed by atoms with E-state index in [9.17, 15) is 10.2 Å². The minimum Gasteiger partial charge on any atom is -0.508 e. The Hall–Kier alpha value is -1.87. The Morgan fingerprint density at radius 3 is 2.50 bits per heavy atom. The van der Waals surface area contributed by atoms with Crippen LogP contribution in [0.3, 0.4) is 0 Å². The molecule has 0 spiro atoms. The first-order valence-electron chi connectivity index (χ1n) is 4.69. The van der Waals surface area contributed by atoms with E-state index >= 15 is 0 Å². The van der Waals surface area contributed by atoms with Gasteiger partial charge in [0.1, 0.15) is 22.7 Å². The minimum atomic E-state index is -0.0163. The van der Waals surface area contributed by atoms with Gasteiger partial charge in [0.2, 0.25) is 0 Å². The van der Waals surface area contributed by atoms with Crippen molar-refractivity contribution in [1.29, 1.82) is 0 Å². The summed E-state index contributed by atoms with van der Waals surface area (Å²) in [5, 5.41) is 20.7. The van der Waals surface area contributed by atoms with Crippen molar-refractivity contribution in [1.82, 2.24) is 0 Å². The molecule has 4 heteroatoms. The number of hydrogen-bond donors (Lipinski definition) is 2. The molecule has 0 atom stereocenters. The summed E-state index contributed by atoms with van der Waals surface area (Å²) in [5.74, 6) is 0.150. The summed E-state index contributed by atoms with van der Waals surface area (Å²) in [7, 11) is 0. The zero-order valence-electron chi connectivity index (χ0n) is 8.07. The number of hydrogen-bond acceptors (Lipinski definition) is 3. The number of rotatable bonds is 0. The van der Waals surface area contributed by atoms with Crippen LogP contribution < -0.4 is 0 Å². The van der Waals surface area contributed by atoms with Gasteiger partial charge < -0.3 is 14.6 Å². The topological polar surface area (TPSA) is 53.6 Å². The van der Waals surface area contributed by atoms with Crippen LogP contribution in [-0.2, 0) is 0 Å². The van der Waals surface area contributed by atoms with Crippen molar-refractivity contribution >= 4 is 33.5 Å². The van der Waals surface area contributed by atoms with E-state index in [1.807, 2.05) is 0 Å². The first-order valence-corrected chi connectivity index (χ1v) is 5.07. The van der Waals surface area contributed by atoms with Crippen molar-refractivity contribution < 1.29 is 14.6 Å². The summed E-state index contributed by atoms with van der Waals surface area (Å²) in [5.41, 5.74) is 1.19. The normalized spacial score (nSPS) is 11.3. The van der Waals surface area contributed by atoms with Crippen molar-refractivity contribution in [3.8, 4) is 11.5 Å². The van der Waals surface area contributed by atoms with E-state index in [4.69, 9.17) is 16.0 Å². The molecule has 0 fully saturated rings. The molecule has 0 aliphatic rings. The maximum absolute atomic E-state index is 9.46. The Bertz CT molecular complexity index is 700. The van der Waals surface area contributed by atoms with Crippen LogP contribution in [0.5, 0.6) is 11.5 Å². The van der Waals surface area contributed by atoms with Crippen LogP contribution in [0.4, 0.5) is 0 Å². The molecule has 0 aliphatic carbocycles. The SMILES string of the molecule is Oc1ccc2oc3cc(O)c(Cl)cc3c2c1. The molecule has 1 aromatic heterocycles. The molecular formula is C12H7ClO3. The largest absolute Gasteiger partial charge is 0.508 e. The fourth-order valence-corrected chi connectivity index (χ4v) is 1.94. The van der Waals surface area contributed by atoms with E-state index in [0.29, 0.717) is 11.2 Å². The molecule has 0 radical (unpaired) electrons. The Kier molecular flexibility index (Phi) is 1.79. The third kappa shape index (κ3) is 1.22. The quantitative estimate of drug-likeness (QED) is 0.624. The molecule has 3 rings (SSSR count). The van der Waals surface area contributed by atoms with E-state index in [-0.39, 0.29) is 16.5 Å². The molecule has 0 unspecified atom stereocenters. The van der Waals surface area contributed by atoms with Gasteiger partial charge in [-0.2, -0.15) is 0 Å². The van der Waals surface area contributed by atoms with E-state index in [1.54, 1.807) is 24.3 Å². The fourth-order valence-electron chi connectivity index (χ4n) is 1.77. The van der Waals surface area contributed by atoms with Gasteiger partial charge in [-0.15, -0.1) is 0 Å². The monoisotopic (exact) mass is 234 g/mol. The molecule has 2 aromatic carbocycles. The fraction of sp³-hybridized carbons (Fsp3) is 0. The molecule has 80 valence electrons. The molecule has 0 aliphatic heterocycles. The zero-order chi connectivity index (χ0) is 11.3. The van der Waals surface area contributed by atoms with Gasteiger partial charge in [-0.3, -0.25) is 0 Å². The molecule has 1 heterocycles. The van der Waals surface area contributed by atoms with Crippen LogP contribution in [0.1, 0.15) is 0 Å². The van der Waals surface area contributed by atoms with E-state index in [1.165, 1.54) is 6.07 Å². The maximum Gasteiger partial charge on any atom is 0.139 e. The van der Waals surface area contributed by atoms with E-state index < -0.39 is 0 Å². The van der Waals surface area contributed by atoms with Gasteiger partial charge in [0.15, 0.2) is 0 Å². The predicted molar refractivity (Wildman–Crippen MR) is 62.1 cm³/mol. The number of benzene rings is 2. The lowest BCUT2D eigenvalue weighted by Crippen LogP contribution is -1.70. The van der Waals surface area contributed by atoms with Crippen molar-refractivity contribution in [2.75, 3.05) is 0 Å². The summed E-state index contributed by atoms with van der Waals surface area (Å²) in [4.78, 5) is 0. The maximum atomic E-state index is 9.46. The van der Waals surface area contributed by atoms with Gasteiger partial charge in [-0.25, -0.2) is 0 Å². The van der Waals surface area contributed by atoms with Gasteiger partial charge in [-0.1, -0.05) is 11.6 Å². The molecule has 0 bridgehead atoms. The zero-order valence-corrected chi connectivity index (χ0v) is 8.82. The first-order chi connectivity index (χ1) is 7.65. The minimum absolute atomic E-state index is 0.0163. The first kappa shape index (κ1) is 9.36. The lowest BCUT2D eigenvalue weighted by atomic mass is 10.1. The molecule has 3 aromatic rings. The Morgan fingerprint density at radius 2 is 1.69 bits per heavy atom. The molecule has 3 nitrogen and oxygen atoms in total. The highest BCUT2D eigenvalue weighted by Gasteiger charge is 2.10. The second-order valence-corrected chi connectivity index (χ2v) is 3.99. The van der Waals surface area contributed by atoms with Gasteiger partial charge in [0.05, 0.1) is 5.02 Å². The van der Waals surface area contributed by atoms with Gasteiger partial charge in [0, 0.05) is 16.8 Å². The van der Waals surface area contributed by atoms with Crippen LogP contribution in [0.25, 0.3) is 21.9 Å². The second kappa shape index (κ2) is 3.06. The highest BCUT2D eigenvalue weighted by molar-refractivity contribution is 6.33. The number of aromatic hydroxyl groups is 2. The molecule has 0 saturated carbocycles. The lowest BCUT2D eigenvalue weighted by Gasteiger charge is -1.95. The molecular weight excluding hydrogens is 228 g/mol. The van der Waals surface area contributed by atoms with E-state index in [2.05, 4.69) is 0 Å². The number of halogens is 1. The number of furan rings is 1. The van der Waals surface area contributed by atoms with Crippen molar-refractivity contribution in [2.24, 2.45) is 0 Å². The third-order valence-corrected chi connectivity index (χ3v) is 2.82. The predicted octanol–water partition coefficient (Wildman–Crippen LogP) is 3.65. The number of phenolic OH excluding ortho intramolecular Hbond substituents is 2. The van der Waals surface area contributed by atoms with Crippen molar-refractivity contribution in [3.05, 3.63) is 35.4 Å². The lowest BCUT2D eigenvalue weighted by molar-refractivity contribution is 0.474. The summed E-state index contributed by atoms with van der Waals surface area (Å²) < 4.78 is 5.51. The smallest absolute Gasteiger partial charge is 0.139 e. The van der Waals surface area contributed by atoms with Gasteiger partial charge in [-0.05, 0) is 24.3 Å². The average molecular weight is 235 g/mol. The second-order valence-electron chi connectivity index (χ2n) is 3.58. The average Bonchev–Trinajstić information content (AvgIpc) is 2.57. The Morgan fingerprint density at radius 1 is 0.938 bits per heavy atom. The Balaban J connectivity index is 2.53. The molecule has 0 saturated heterocycles. The van der Waals surface area contributed by atoms with Crippen LogP contribution >= 0.6 is 11.6 Å². The summed E-state index contributed by atoms with van der Waals surface area (Å²) in [6.07, 6.45) is 0. The van der Waals surface area contributed by atoms with Gasteiger partial charge >= 0.3 is 0 Å². The van der Waals surface area contributed by atoms with Gasteiger partial charge in [0.25, 0.3) is 0 Å². The molecule has 2 N–H and O–H groups in total. The number of fused-ring (bicyclic) bond motifs is 3. The van der Waals surface area contributed by atoms with Crippen LogP contribution in [0.2, 0.25) is 5.02 Å². The van der Waals surface area contributed by atoms with Crippen LogP contribution in [0.15, 0.2) is 34.7 Å². The standard InChI is InChI=1S/C12H7ClO3/c13-9-4-8-7-3-6(14)1-2-11(7)16-12(8)5-10(9)15/h1-5,14-15H. The number of phenols is 2. The third-order valence-electron chi connectivity index (χ3n) is 2.52. The highest BCUT2D eigenvalue weighted by atomic mass is 35.5. The summed E-state index contributed by atoms with van der Waals surface area (Å²) in [6.45, 7) is 0. The van der Waals surface area contributed by atoms with Crippen LogP contribution in [0, 0.1) is 0 Å². The summed E-state index contributed by atoms with van der Waals surface area (Å²) >= 11 is 5.83. The molecule has 16 heavy (non-hydrogen) atoms. The Labute approximate surface area is 95.5 Å². The van der Waals surface area contributed by atoms with Crippen LogP contribution in [-0.4, -0.2) is 10.2 Å². The summed E-state index contributed by atoms with van der Waals surface area (Å²) in [6, 6.07) is 7.92. The molecule has 0 amide bonds. The van der Waals surface area contributed by atoms with Crippen molar-refractivity contribution in [2.45, 2.75) is 0 Å².